The third kappa shape index (κ3) is 9.04. The predicted molar refractivity (Wildman–Crippen MR) is 160 cm³/mol. The number of nitro benzene ring substituents is 2. The molecule has 224 valence electrons. The second kappa shape index (κ2) is 14.1. The van der Waals surface area contributed by atoms with Crippen LogP contribution in [0.2, 0.25) is 0 Å². The molecule has 2 unspecified atom stereocenters. The lowest BCUT2D eigenvalue weighted by Gasteiger charge is -2.31. The Balaban J connectivity index is 0.000000239. The molecule has 0 saturated carbocycles. The van der Waals surface area contributed by atoms with Crippen LogP contribution in [0.1, 0.15) is 47.5 Å². The molecule has 2 fully saturated rings. The molecule has 0 aromatic heterocycles. The zero-order valence-corrected chi connectivity index (χ0v) is 24.6. The van der Waals surface area contributed by atoms with Gasteiger partial charge in [-0.1, -0.05) is 6.92 Å². The van der Waals surface area contributed by atoms with Gasteiger partial charge in [0.15, 0.2) is 0 Å². The summed E-state index contributed by atoms with van der Waals surface area (Å²) in [5, 5.41) is 24.7. The van der Waals surface area contributed by atoms with Gasteiger partial charge in [-0.3, -0.25) is 20.2 Å². The average Bonchev–Trinajstić information content (AvgIpc) is 3.59. The van der Waals surface area contributed by atoms with E-state index in [1.54, 1.807) is 29.2 Å². The van der Waals surface area contributed by atoms with E-state index in [0.29, 0.717) is 19.1 Å². The van der Waals surface area contributed by atoms with Crippen molar-refractivity contribution in [2.45, 2.75) is 65.1 Å². The lowest BCUT2D eigenvalue weighted by Crippen LogP contribution is -2.44. The van der Waals surface area contributed by atoms with Gasteiger partial charge in [-0.15, -0.1) is 0 Å². The van der Waals surface area contributed by atoms with Crippen molar-refractivity contribution in [3.63, 3.8) is 0 Å². The van der Waals surface area contributed by atoms with Crippen molar-refractivity contribution >= 4 is 28.8 Å². The Kier molecular flexibility index (Phi) is 10.9. The number of ether oxygens (including phenoxy) is 1. The number of nitro groups is 2. The number of rotatable bonds is 8. The first-order chi connectivity index (χ1) is 19.4. The molecule has 0 spiro atoms. The number of carbonyl (C=O) groups is 1. The van der Waals surface area contributed by atoms with E-state index >= 15 is 0 Å². The quantitative estimate of drug-likeness (QED) is 0.335. The summed E-state index contributed by atoms with van der Waals surface area (Å²) >= 11 is 0. The van der Waals surface area contributed by atoms with Crippen LogP contribution < -0.4 is 15.1 Å². The topological polar surface area (TPSA) is 134 Å². The maximum absolute atomic E-state index is 12.3. The van der Waals surface area contributed by atoms with Gasteiger partial charge in [0.25, 0.3) is 11.4 Å². The van der Waals surface area contributed by atoms with Crippen LogP contribution >= 0.6 is 0 Å². The minimum Gasteiger partial charge on any atom is -0.444 e. The van der Waals surface area contributed by atoms with Crippen LogP contribution in [-0.2, 0) is 4.74 Å². The lowest BCUT2D eigenvalue weighted by atomic mass is 10.2. The Labute approximate surface area is 241 Å². The van der Waals surface area contributed by atoms with E-state index in [0.717, 1.165) is 50.4 Å². The minimum atomic E-state index is -0.513. The fourth-order valence-corrected chi connectivity index (χ4v) is 5.11. The van der Waals surface area contributed by atoms with E-state index in [1.165, 1.54) is 12.1 Å². The molecule has 2 aromatic carbocycles. The van der Waals surface area contributed by atoms with Crippen molar-refractivity contribution < 1.29 is 19.4 Å². The summed E-state index contributed by atoms with van der Waals surface area (Å²) in [6.45, 7) is 14.7. The number of non-ortho nitro benzene ring substituents is 2. The Morgan fingerprint density at radius 1 is 0.902 bits per heavy atom. The summed E-state index contributed by atoms with van der Waals surface area (Å²) in [5.41, 5.74) is 1.72. The first kappa shape index (κ1) is 31.6. The van der Waals surface area contributed by atoms with E-state index in [9.17, 15) is 25.0 Å². The van der Waals surface area contributed by atoms with Crippen molar-refractivity contribution in [3.05, 3.63) is 68.8 Å². The number of hydrogen-bond donors (Lipinski definition) is 1. The van der Waals surface area contributed by atoms with Gasteiger partial charge in [-0.25, -0.2) is 4.79 Å². The summed E-state index contributed by atoms with van der Waals surface area (Å²) < 4.78 is 5.48. The van der Waals surface area contributed by atoms with Crippen molar-refractivity contribution in [1.82, 2.24) is 10.2 Å². The molecule has 1 N–H and O–H groups in total. The van der Waals surface area contributed by atoms with Gasteiger partial charge in [0.2, 0.25) is 0 Å². The molecule has 12 heteroatoms. The standard InChI is InChI=1S/C17H25N3O4.C12H17N3O2/c1-5-19(16(21)24-17(2,3)4)15-10-11-18(12-15)13-6-8-14(9-7-13)20(22)23;1-2-13-10-7-8-14(9-10)11-3-5-12(6-4-11)15(16)17/h6-9,15H,5,10-12H2,1-4H3;3-6,10,13H,2,7-9H2,1H3. The predicted octanol–water partition coefficient (Wildman–Crippen LogP) is 5.21. The lowest BCUT2D eigenvalue weighted by molar-refractivity contribution is -0.385. The van der Waals surface area contributed by atoms with Gasteiger partial charge < -0.3 is 24.8 Å². The van der Waals surface area contributed by atoms with Gasteiger partial charge in [-0.05, 0) is 71.3 Å². The molecular formula is C29H42N6O6. The second-order valence-electron chi connectivity index (χ2n) is 11.2. The smallest absolute Gasteiger partial charge is 0.410 e. The van der Waals surface area contributed by atoms with Crippen LogP contribution in [0.25, 0.3) is 0 Å². The molecule has 0 aliphatic carbocycles. The van der Waals surface area contributed by atoms with Crippen LogP contribution in [-0.4, -0.2) is 77.8 Å². The highest BCUT2D eigenvalue weighted by Crippen LogP contribution is 2.26. The SMILES string of the molecule is CCN(C(=O)OC(C)(C)C)C1CCN(c2ccc([N+](=O)[O-])cc2)C1.CCNC1CCN(c2ccc([N+](=O)[O-])cc2)C1. The van der Waals surface area contributed by atoms with Gasteiger partial charge in [0.05, 0.1) is 15.9 Å². The van der Waals surface area contributed by atoms with Crippen LogP contribution in [0.15, 0.2) is 48.5 Å². The summed E-state index contributed by atoms with van der Waals surface area (Å²) in [5.74, 6) is 0. The molecule has 0 radical (unpaired) electrons. The van der Waals surface area contributed by atoms with Crippen molar-refractivity contribution in [2.75, 3.05) is 49.1 Å². The molecule has 2 aromatic rings. The van der Waals surface area contributed by atoms with E-state index in [2.05, 4.69) is 22.0 Å². The molecule has 1 amide bonds. The maximum Gasteiger partial charge on any atom is 0.410 e. The molecule has 2 saturated heterocycles. The molecule has 4 rings (SSSR count). The third-order valence-electron chi connectivity index (χ3n) is 7.11. The van der Waals surface area contributed by atoms with Crippen LogP contribution in [0, 0.1) is 20.2 Å². The monoisotopic (exact) mass is 570 g/mol. The van der Waals surface area contributed by atoms with Crippen molar-refractivity contribution in [1.29, 1.82) is 0 Å². The molecule has 12 nitrogen and oxygen atoms in total. The Bertz CT molecular complexity index is 1170. The number of nitrogens with one attached hydrogen (secondary N) is 1. The van der Waals surface area contributed by atoms with Gasteiger partial charge in [-0.2, -0.15) is 0 Å². The van der Waals surface area contributed by atoms with E-state index in [4.69, 9.17) is 4.74 Å². The summed E-state index contributed by atoms with van der Waals surface area (Å²) in [7, 11) is 0. The number of benzene rings is 2. The molecule has 2 aliphatic heterocycles. The summed E-state index contributed by atoms with van der Waals surface area (Å²) in [6, 6.07) is 13.9. The van der Waals surface area contributed by atoms with Gasteiger partial charge in [0, 0.05) is 74.4 Å². The molecule has 0 bridgehead atoms. The Morgan fingerprint density at radius 3 is 1.83 bits per heavy atom. The van der Waals surface area contributed by atoms with E-state index < -0.39 is 10.5 Å². The number of nitrogens with zero attached hydrogens (tertiary/aromatic N) is 5. The molecule has 2 atom stereocenters. The first-order valence-electron chi connectivity index (χ1n) is 14.1. The molecule has 2 heterocycles. The summed E-state index contributed by atoms with van der Waals surface area (Å²) in [6.07, 6.45) is 1.69. The van der Waals surface area contributed by atoms with Crippen molar-refractivity contribution in [3.8, 4) is 0 Å². The van der Waals surface area contributed by atoms with Crippen LogP contribution in [0.3, 0.4) is 0 Å². The van der Waals surface area contributed by atoms with E-state index in [-0.39, 0.29) is 28.4 Å². The second-order valence-corrected chi connectivity index (χ2v) is 11.2. The van der Waals surface area contributed by atoms with E-state index in [1.807, 2.05) is 39.8 Å². The fourth-order valence-electron chi connectivity index (χ4n) is 5.11. The fraction of sp³-hybridized carbons (Fsp3) is 0.552. The largest absolute Gasteiger partial charge is 0.444 e. The van der Waals surface area contributed by atoms with Crippen LogP contribution in [0.4, 0.5) is 27.5 Å². The number of hydrogen-bond acceptors (Lipinski definition) is 9. The first-order valence-corrected chi connectivity index (χ1v) is 14.1. The maximum atomic E-state index is 12.3. The zero-order valence-electron chi connectivity index (χ0n) is 24.6. The van der Waals surface area contributed by atoms with Gasteiger partial charge >= 0.3 is 6.09 Å². The highest BCUT2D eigenvalue weighted by atomic mass is 16.6. The normalized spacial score (nSPS) is 18.5. The molecular weight excluding hydrogens is 528 g/mol. The Hall–Kier alpha value is -3.93. The summed E-state index contributed by atoms with van der Waals surface area (Å²) in [4.78, 5) is 39.0. The average molecular weight is 571 g/mol. The highest BCUT2D eigenvalue weighted by Gasteiger charge is 2.32. The third-order valence-corrected chi connectivity index (χ3v) is 7.11. The zero-order chi connectivity index (χ0) is 30.2. The minimum absolute atomic E-state index is 0.0819. The molecule has 41 heavy (non-hydrogen) atoms. The number of carbonyl (C=O) groups excluding carboxylic acids is 1. The number of amides is 1. The number of anilines is 2. The molecule has 2 aliphatic rings. The highest BCUT2D eigenvalue weighted by molar-refractivity contribution is 5.69. The van der Waals surface area contributed by atoms with Crippen molar-refractivity contribution in [2.24, 2.45) is 0 Å². The number of likely N-dealkylation sites (N-methyl/N-ethyl adjacent to an activating group) is 2. The Morgan fingerprint density at radius 2 is 1.39 bits per heavy atom. The van der Waals surface area contributed by atoms with Crippen LogP contribution in [0.5, 0.6) is 0 Å². The van der Waals surface area contributed by atoms with Gasteiger partial charge in [0.1, 0.15) is 5.60 Å².